The van der Waals surface area contributed by atoms with Crippen LogP contribution in [0.2, 0.25) is 0 Å². The third-order valence-electron chi connectivity index (χ3n) is 3.06. The van der Waals surface area contributed by atoms with E-state index in [0.29, 0.717) is 0 Å². The van der Waals surface area contributed by atoms with Crippen LogP contribution in [0.4, 0.5) is 11.6 Å². The summed E-state index contributed by atoms with van der Waals surface area (Å²) in [5, 5.41) is 7.85. The van der Waals surface area contributed by atoms with Gasteiger partial charge >= 0.3 is 11.7 Å². The first-order chi connectivity index (χ1) is 9.15. The van der Waals surface area contributed by atoms with E-state index >= 15 is 0 Å². The summed E-state index contributed by atoms with van der Waals surface area (Å²) in [4.78, 5) is 4.52. The van der Waals surface area contributed by atoms with E-state index in [-0.39, 0.29) is 0 Å². The monoisotopic (exact) mass is 254 g/mol. The van der Waals surface area contributed by atoms with Gasteiger partial charge in [0.1, 0.15) is 0 Å². The van der Waals surface area contributed by atoms with Crippen LogP contribution in [-0.4, -0.2) is 14.6 Å². The number of rotatable bonds is 2. The molecule has 0 unspecified atom stereocenters. The van der Waals surface area contributed by atoms with Gasteiger partial charge in [-0.3, -0.25) is 5.32 Å². The normalized spacial score (nSPS) is 10.9. The number of nitrogens with zero attached hydrogens (tertiary/aromatic N) is 4. The fourth-order valence-corrected chi connectivity index (χ4v) is 2.12. The zero-order valence-corrected chi connectivity index (χ0v) is 11.3. The summed E-state index contributed by atoms with van der Waals surface area (Å²) in [6, 6.07) is 12.0. The number of aromatic nitrogens is 4. The molecule has 0 saturated heterocycles. The first-order valence-electron chi connectivity index (χ1n) is 6.20. The second-order valence-corrected chi connectivity index (χ2v) is 4.62. The largest absolute Gasteiger partial charge is 0.358 e. The number of anilines is 2. The molecular formula is C14H16N5+. The Morgan fingerprint density at radius 2 is 1.89 bits per heavy atom. The van der Waals surface area contributed by atoms with Crippen molar-refractivity contribution in [1.82, 2.24) is 14.6 Å². The van der Waals surface area contributed by atoms with Gasteiger partial charge in [-0.25, -0.2) is 4.57 Å². The predicted octanol–water partition coefficient (Wildman–Crippen LogP) is 1.91. The Balaban J connectivity index is 2.10. The van der Waals surface area contributed by atoms with Gasteiger partial charge in [0, 0.05) is 18.2 Å². The highest BCUT2D eigenvalue weighted by molar-refractivity contribution is 5.51. The molecule has 0 aliphatic rings. The zero-order valence-electron chi connectivity index (χ0n) is 11.3. The molecule has 0 spiro atoms. The molecule has 0 radical (unpaired) electrons. The van der Waals surface area contributed by atoms with Crippen molar-refractivity contribution in [2.75, 3.05) is 5.32 Å². The average molecular weight is 254 g/mol. The molecule has 5 nitrogen and oxygen atoms in total. The van der Waals surface area contributed by atoms with Gasteiger partial charge in [-0.1, -0.05) is 18.2 Å². The van der Waals surface area contributed by atoms with Gasteiger partial charge in [0.15, 0.2) is 0 Å². The van der Waals surface area contributed by atoms with Crippen molar-refractivity contribution >= 4 is 17.4 Å². The lowest BCUT2D eigenvalue weighted by atomic mass is 10.3. The highest BCUT2D eigenvalue weighted by Gasteiger charge is 2.18. The van der Waals surface area contributed by atoms with Crippen LogP contribution in [-0.2, 0) is 7.05 Å². The third-order valence-corrected chi connectivity index (χ3v) is 3.06. The van der Waals surface area contributed by atoms with E-state index in [1.165, 1.54) is 0 Å². The molecule has 3 aromatic rings. The molecule has 0 atom stereocenters. The van der Waals surface area contributed by atoms with Crippen LogP contribution in [0.3, 0.4) is 0 Å². The number of hydrogen-bond donors (Lipinski definition) is 1. The molecule has 2 aromatic heterocycles. The maximum Gasteiger partial charge on any atom is 0.358 e. The molecule has 96 valence electrons. The average Bonchev–Trinajstić information content (AvgIpc) is 2.69. The molecule has 3 rings (SSSR count). The maximum atomic E-state index is 4.55. The Morgan fingerprint density at radius 3 is 2.63 bits per heavy atom. The van der Waals surface area contributed by atoms with Crippen LogP contribution in [0.25, 0.3) is 5.78 Å². The van der Waals surface area contributed by atoms with Gasteiger partial charge in [-0.05, 0) is 26.0 Å². The molecule has 19 heavy (non-hydrogen) atoms. The van der Waals surface area contributed by atoms with Crippen molar-refractivity contribution in [3.05, 3.63) is 47.8 Å². The predicted molar refractivity (Wildman–Crippen MR) is 73.4 cm³/mol. The number of fused-ring (bicyclic) bond motifs is 1. The molecular weight excluding hydrogens is 238 g/mol. The molecule has 0 aliphatic carbocycles. The lowest BCUT2D eigenvalue weighted by Crippen LogP contribution is -2.31. The molecule has 0 bridgehead atoms. The Bertz CT molecular complexity index is 730. The summed E-state index contributed by atoms with van der Waals surface area (Å²) in [6.07, 6.45) is 0. The zero-order chi connectivity index (χ0) is 13.4. The van der Waals surface area contributed by atoms with Crippen molar-refractivity contribution in [2.24, 2.45) is 7.05 Å². The van der Waals surface area contributed by atoms with Crippen molar-refractivity contribution in [2.45, 2.75) is 13.8 Å². The van der Waals surface area contributed by atoms with Crippen molar-refractivity contribution in [3.63, 3.8) is 0 Å². The van der Waals surface area contributed by atoms with Crippen LogP contribution >= 0.6 is 0 Å². The second-order valence-electron chi connectivity index (χ2n) is 4.62. The van der Waals surface area contributed by atoms with E-state index in [1.807, 2.05) is 66.4 Å². The molecule has 2 heterocycles. The van der Waals surface area contributed by atoms with E-state index in [0.717, 1.165) is 28.8 Å². The topological polar surface area (TPSA) is 46.1 Å². The number of benzene rings is 1. The number of hydrogen-bond acceptors (Lipinski definition) is 3. The van der Waals surface area contributed by atoms with Crippen LogP contribution in [0.1, 0.15) is 11.4 Å². The molecule has 0 saturated carbocycles. The van der Waals surface area contributed by atoms with E-state index in [2.05, 4.69) is 15.4 Å². The third kappa shape index (κ3) is 2.03. The lowest BCUT2D eigenvalue weighted by molar-refractivity contribution is -0.633. The van der Waals surface area contributed by atoms with Crippen LogP contribution in [0.15, 0.2) is 36.4 Å². The summed E-state index contributed by atoms with van der Waals surface area (Å²) in [6.45, 7) is 4.02. The van der Waals surface area contributed by atoms with E-state index in [4.69, 9.17) is 0 Å². The molecule has 0 amide bonds. The molecule has 0 fully saturated rings. The van der Waals surface area contributed by atoms with Gasteiger partial charge < -0.3 is 0 Å². The fourth-order valence-electron chi connectivity index (χ4n) is 2.12. The Kier molecular flexibility index (Phi) is 2.67. The van der Waals surface area contributed by atoms with E-state index in [1.54, 1.807) is 0 Å². The van der Waals surface area contributed by atoms with Crippen LogP contribution < -0.4 is 9.88 Å². The van der Waals surface area contributed by atoms with Crippen molar-refractivity contribution in [1.29, 1.82) is 0 Å². The highest BCUT2D eigenvalue weighted by Crippen LogP contribution is 2.12. The van der Waals surface area contributed by atoms with Gasteiger partial charge in [-0.2, -0.15) is 0 Å². The van der Waals surface area contributed by atoms with Crippen LogP contribution in [0.5, 0.6) is 0 Å². The summed E-state index contributed by atoms with van der Waals surface area (Å²) >= 11 is 0. The minimum atomic E-state index is 0.771. The number of nitrogens with one attached hydrogen (secondary N) is 1. The first-order valence-corrected chi connectivity index (χ1v) is 6.20. The lowest BCUT2D eigenvalue weighted by Gasteiger charge is -1.98. The van der Waals surface area contributed by atoms with Gasteiger partial charge in [0.2, 0.25) is 0 Å². The minimum absolute atomic E-state index is 0.771. The van der Waals surface area contributed by atoms with Crippen LogP contribution in [0, 0.1) is 13.8 Å². The molecule has 1 aromatic carbocycles. The minimum Gasteiger partial charge on any atom is -0.273 e. The Morgan fingerprint density at radius 1 is 1.16 bits per heavy atom. The summed E-state index contributed by atoms with van der Waals surface area (Å²) in [5.41, 5.74) is 3.07. The summed E-state index contributed by atoms with van der Waals surface area (Å²) in [7, 11) is 1.96. The smallest absolute Gasteiger partial charge is 0.273 e. The summed E-state index contributed by atoms with van der Waals surface area (Å²) < 4.78 is 3.80. The molecule has 1 N–H and O–H groups in total. The molecule has 0 aliphatic heterocycles. The maximum absolute atomic E-state index is 4.55. The van der Waals surface area contributed by atoms with Gasteiger partial charge in [0.05, 0.1) is 17.1 Å². The van der Waals surface area contributed by atoms with E-state index in [9.17, 15) is 0 Å². The fraction of sp³-hybridized carbons (Fsp3) is 0.214. The summed E-state index contributed by atoms with van der Waals surface area (Å²) in [5.74, 6) is 1.60. The molecule has 5 heteroatoms. The second kappa shape index (κ2) is 4.35. The van der Waals surface area contributed by atoms with Gasteiger partial charge in [-0.15, -0.1) is 9.50 Å². The Hall–Kier alpha value is -2.43. The first kappa shape index (κ1) is 11.6. The highest BCUT2D eigenvalue weighted by atomic mass is 15.4. The van der Waals surface area contributed by atoms with Crippen molar-refractivity contribution in [3.8, 4) is 0 Å². The van der Waals surface area contributed by atoms with Gasteiger partial charge in [0.25, 0.3) is 0 Å². The van der Waals surface area contributed by atoms with Crippen molar-refractivity contribution < 1.29 is 4.57 Å². The Labute approximate surface area is 111 Å². The SMILES string of the molecule is Cc1cc(C)n2nc(Nc3ccccc3)[n+](C)c2n1. The number of aryl methyl sites for hydroxylation is 3. The number of para-hydroxylation sites is 1. The standard InChI is InChI=1S/C14H16N5/c1-10-9-11(2)19-14(15-10)18(3)13(17-19)16-12-7-5-4-6-8-12/h4-9H,1-3H3,(H,16,17)/q+1. The van der Waals surface area contributed by atoms with E-state index < -0.39 is 0 Å². The quantitative estimate of drug-likeness (QED) is 0.711.